The molecule has 1 aromatic rings. The summed E-state index contributed by atoms with van der Waals surface area (Å²) in [6.45, 7) is 1.40. The number of benzene rings is 1. The molecule has 0 aliphatic carbocycles. The molecule has 0 radical (unpaired) electrons. The first-order valence-corrected chi connectivity index (χ1v) is 5.61. The van der Waals surface area contributed by atoms with E-state index in [1.165, 1.54) is 5.56 Å². The van der Waals surface area contributed by atoms with E-state index in [0.29, 0.717) is 6.61 Å². The standard InChI is InChI=1S/C12H12BrNO/c13-12-7-4-8-14(9-12)15-10-11-5-2-1-3-6-11/h1-7,9H,8,10H2. The van der Waals surface area contributed by atoms with E-state index in [2.05, 4.69) is 34.1 Å². The van der Waals surface area contributed by atoms with Crippen LogP contribution in [0.1, 0.15) is 5.56 Å². The molecule has 15 heavy (non-hydrogen) atoms. The minimum atomic E-state index is 0.603. The van der Waals surface area contributed by atoms with Crippen molar-refractivity contribution in [3.8, 4) is 0 Å². The van der Waals surface area contributed by atoms with E-state index in [4.69, 9.17) is 4.84 Å². The third-order valence-electron chi connectivity index (χ3n) is 2.07. The predicted octanol–water partition coefficient (Wildman–Crippen LogP) is 3.23. The van der Waals surface area contributed by atoms with Gasteiger partial charge in [-0.3, -0.25) is 9.90 Å². The Bertz CT molecular complexity index is 372. The zero-order chi connectivity index (χ0) is 10.5. The topological polar surface area (TPSA) is 12.5 Å². The lowest BCUT2D eigenvalue weighted by atomic mass is 10.2. The SMILES string of the molecule is BrC1=CN(OCc2ccccc2)CC=C1. The largest absolute Gasteiger partial charge is 0.269 e. The fourth-order valence-corrected chi connectivity index (χ4v) is 1.74. The summed E-state index contributed by atoms with van der Waals surface area (Å²) < 4.78 is 1.03. The van der Waals surface area contributed by atoms with Gasteiger partial charge in [0.05, 0.1) is 13.2 Å². The molecule has 2 rings (SSSR count). The van der Waals surface area contributed by atoms with Gasteiger partial charge in [0, 0.05) is 10.7 Å². The van der Waals surface area contributed by atoms with Crippen molar-refractivity contribution in [1.82, 2.24) is 5.06 Å². The Morgan fingerprint density at radius 1 is 1.27 bits per heavy atom. The first kappa shape index (κ1) is 10.5. The number of hydrogen-bond acceptors (Lipinski definition) is 2. The Hall–Kier alpha value is -1.06. The second kappa shape index (κ2) is 5.14. The Morgan fingerprint density at radius 3 is 2.80 bits per heavy atom. The summed E-state index contributed by atoms with van der Waals surface area (Å²) in [6.07, 6.45) is 6.00. The van der Waals surface area contributed by atoms with Gasteiger partial charge >= 0.3 is 0 Å². The summed E-state index contributed by atoms with van der Waals surface area (Å²) in [4.78, 5) is 5.62. The van der Waals surface area contributed by atoms with Crippen molar-refractivity contribution >= 4 is 15.9 Å². The average molecular weight is 266 g/mol. The van der Waals surface area contributed by atoms with E-state index in [-0.39, 0.29) is 0 Å². The van der Waals surface area contributed by atoms with E-state index >= 15 is 0 Å². The summed E-state index contributed by atoms with van der Waals surface area (Å²) in [5.74, 6) is 0. The van der Waals surface area contributed by atoms with Crippen LogP contribution in [0.2, 0.25) is 0 Å². The maximum Gasteiger partial charge on any atom is 0.0999 e. The fourth-order valence-electron chi connectivity index (χ4n) is 1.32. The van der Waals surface area contributed by atoms with Gasteiger partial charge in [-0.25, -0.2) is 0 Å². The summed E-state index contributed by atoms with van der Waals surface area (Å²) in [7, 11) is 0. The van der Waals surface area contributed by atoms with Crippen LogP contribution in [0.25, 0.3) is 0 Å². The summed E-state index contributed by atoms with van der Waals surface area (Å²) in [6, 6.07) is 10.1. The van der Waals surface area contributed by atoms with Crippen LogP contribution in [-0.4, -0.2) is 11.6 Å². The lowest BCUT2D eigenvalue weighted by Gasteiger charge is -2.20. The predicted molar refractivity (Wildman–Crippen MR) is 64.1 cm³/mol. The van der Waals surface area contributed by atoms with Crippen LogP contribution < -0.4 is 0 Å². The highest BCUT2D eigenvalue weighted by molar-refractivity contribution is 9.11. The van der Waals surface area contributed by atoms with Gasteiger partial charge in [0.25, 0.3) is 0 Å². The van der Waals surface area contributed by atoms with Crippen molar-refractivity contribution in [3.05, 3.63) is 58.7 Å². The number of halogens is 1. The highest BCUT2D eigenvalue weighted by Gasteiger charge is 2.03. The molecule has 3 heteroatoms. The van der Waals surface area contributed by atoms with Gasteiger partial charge in [0.1, 0.15) is 0 Å². The van der Waals surface area contributed by atoms with Gasteiger partial charge in [-0.05, 0) is 27.6 Å². The number of allylic oxidation sites excluding steroid dienone is 2. The highest BCUT2D eigenvalue weighted by atomic mass is 79.9. The molecule has 0 N–H and O–H groups in total. The first-order valence-electron chi connectivity index (χ1n) is 4.82. The van der Waals surface area contributed by atoms with Crippen molar-refractivity contribution in [2.24, 2.45) is 0 Å². The Kier molecular flexibility index (Phi) is 3.59. The van der Waals surface area contributed by atoms with Gasteiger partial charge in [-0.1, -0.05) is 36.4 Å². The van der Waals surface area contributed by atoms with Crippen molar-refractivity contribution in [2.75, 3.05) is 6.54 Å². The van der Waals surface area contributed by atoms with Crippen molar-refractivity contribution < 1.29 is 4.84 Å². The lowest BCUT2D eigenvalue weighted by Crippen LogP contribution is -2.19. The molecular formula is C12H12BrNO. The average Bonchev–Trinajstić information content (AvgIpc) is 2.28. The smallest absolute Gasteiger partial charge is 0.0999 e. The zero-order valence-electron chi connectivity index (χ0n) is 8.27. The molecular weight excluding hydrogens is 254 g/mol. The molecule has 0 saturated carbocycles. The maximum atomic E-state index is 5.62. The minimum absolute atomic E-state index is 0.603. The summed E-state index contributed by atoms with van der Waals surface area (Å²) in [5, 5.41) is 1.82. The van der Waals surface area contributed by atoms with Gasteiger partial charge in [0.2, 0.25) is 0 Å². The first-order chi connectivity index (χ1) is 7.34. The molecule has 1 aliphatic heterocycles. The van der Waals surface area contributed by atoms with Gasteiger partial charge in [-0.2, -0.15) is 0 Å². The molecule has 0 spiro atoms. The number of hydrogen-bond donors (Lipinski definition) is 0. The van der Waals surface area contributed by atoms with Crippen LogP contribution in [0.5, 0.6) is 0 Å². The Balaban J connectivity index is 1.87. The van der Waals surface area contributed by atoms with Crippen LogP contribution in [0.3, 0.4) is 0 Å². The molecule has 0 aromatic heterocycles. The van der Waals surface area contributed by atoms with Crippen molar-refractivity contribution in [1.29, 1.82) is 0 Å². The second-order valence-corrected chi connectivity index (χ2v) is 4.19. The van der Waals surface area contributed by atoms with Gasteiger partial charge in [0.15, 0.2) is 0 Å². The van der Waals surface area contributed by atoms with Crippen molar-refractivity contribution in [3.63, 3.8) is 0 Å². The molecule has 2 nitrogen and oxygen atoms in total. The van der Waals surface area contributed by atoms with E-state index in [1.54, 1.807) is 0 Å². The number of hydroxylamine groups is 2. The normalized spacial score (nSPS) is 15.3. The van der Waals surface area contributed by atoms with E-state index < -0.39 is 0 Å². The number of nitrogens with zero attached hydrogens (tertiary/aromatic N) is 1. The Morgan fingerprint density at radius 2 is 2.07 bits per heavy atom. The molecule has 78 valence electrons. The van der Waals surface area contributed by atoms with Crippen LogP contribution in [-0.2, 0) is 11.4 Å². The highest BCUT2D eigenvalue weighted by Crippen LogP contribution is 2.14. The second-order valence-electron chi connectivity index (χ2n) is 3.28. The van der Waals surface area contributed by atoms with E-state index in [0.717, 1.165) is 11.0 Å². The molecule has 0 fully saturated rings. The molecule has 0 unspecified atom stereocenters. The van der Waals surface area contributed by atoms with E-state index in [1.807, 2.05) is 35.5 Å². The fraction of sp³-hybridized carbons (Fsp3) is 0.167. The number of rotatable bonds is 3. The maximum absolute atomic E-state index is 5.62. The molecule has 1 aliphatic rings. The van der Waals surface area contributed by atoms with E-state index in [9.17, 15) is 0 Å². The molecule has 0 amide bonds. The van der Waals surface area contributed by atoms with Crippen LogP contribution >= 0.6 is 15.9 Å². The summed E-state index contributed by atoms with van der Waals surface area (Å²) in [5.41, 5.74) is 1.18. The third kappa shape index (κ3) is 3.22. The Labute approximate surface area is 97.9 Å². The van der Waals surface area contributed by atoms with Crippen LogP contribution in [0.15, 0.2) is 53.2 Å². The monoisotopic (exact) mass is 265 g/mol. The van der Waals surface area contributed by atoms with Gasteiger partial charge in [-0.15, -0.1) is 0 Å². The van der Waals surface area contributed by atoms with Crippen LogP contribution in [0, 0.1) is 0 Å². The molecule has 0 atom stereocenters. The molecule has 1 heterocycles. The van der Waals surface area contributed by atoms with Crippen LogP contribution in [0.4, 0.5) is 0 Å². The summed E-state index contributed by atoms with van der Waals surface area (Å²) >= 11 is 3.41. The quantitative estimate of drug-likeness (QED) is 0.832. The zero-order valence-corrected chi connectivity index (χ0v) is 9.85. The third-order valence-corrected chi connectivity index (χ3v) is 2.54. The van der Waals surface area contributed by atoms with Gasteiger partial charge < -0.3 is 0 Å². The lowest BCUT2D eigenvalue weighted by molar-refractivity contribution is -0.124. The molecule has 0 saturated heterocycles. The minimum Gasteiger partial charge on any atom is -0.269 e. The molecule has 1 aromatic carbocycles. The molecule has 0 bridgehead atoms. The van der Waals surface area contributed by atoms with Crippen molar-refractivity contribution in [2.45, 2.75) is 6.61 Å².